The van der Waals surface area contributed by atoms with Crippen LogP contribution in [-0.4, -0.2) is 24.8 Å². The number of ketones is 2. The zero-order chi connectivity index (χ0) is 24.1. The van der Waals surface area contributed by atoms with Gasteiger partial charge in [-0.15, -0.1) is 0 Å². The third-order valence-electron chi connectivity index (χ3n) is 6.54. The second-order valence-electron chi connectivity index (χ2n) is 10.8. The lowest BCUT2D eigenvalue weighted by molar-refractivity contribution is -0.120. The van der Waals surface area contributed by atoms with E-state index < -0.39 is 5.92 Å². The minimum absolute atomic E-state index is 0.0541. The van der Waals surface area contributed by atoms with E-state index in [-0.39, 0.29) is 22.4 Å². The van der Waals surface area contributed by atoms with Gasteiger partial charge >= 0.3 is 0 Å². The van der Waals surface area contributed by atoms with Crippen LogP contribution in [0.1, 0.15) is 78.7 Å². The van der Waals surface area contributed by atoms with Crippen molar-refractivity contribution in [2.45, 2.75) is 73.1 Å². The Morgan fingerprint density at radius 2 is 1.39 bits per heavy atom. The van der Waals surface area contributed by atoms with E-state index in [0.29, 0.717) is 73.1 Å². The van der Waals surface area contributed by atoms with Crippen molar-refractivity contribution in [2.75, 3.05) is 13.2 Å². The molecule has 0 fully saturated rings. The van der Waals surface area contributed by atoms with Gasteiger partial charge in [0.2, 0.25) is 0 Å². The number of rotatable bonds is 5. The first-order valence-electron chi connectivity index (χ1n) is 11.8. The molecule has 1 aliphatic heterocycles. The Morgan fingerprint density at radius 3 is 1.88 bits per heavy atom. The smallest absolute Gasteiger partial charge is 0.175 e. The van der Waals surface area contributed by atoms with Gasteiger partial charge in [0.1, 0.15) is 11.5 Å². The highest BCUT2D eigenvalue weighted by molar-refractivity contribution is 9.10. The molecule has 1 aromatic carbocycles. The summed E-state index contributed by atoms with van der Waals surface area (Å²) in [6, 6.07) is 3.88. The maximum Gasteiger partial charge on any atom is 0.175 e. The Kier molecular flexibility index (Phi) is 6.27. The Hall–Kier alpha value is -2.08. The average Bonchev–Trinajstić information content (AvgIpc) is 2.67. The van der Waals surface area contributed by atoms with Crippen molar-refractivity contribution in [3.8, 4) is 11.5 Å². The Balaban J connectivity index is 1.93. The summed E-state index contributed by atoms with van der Waals surface area (Å²) in [5, 5.41) is 0. The molecule has 0 radical (unpaired) electrons. The standard InChI is InChI=1S/C27H33BrO5/c1-7-31-19-10-15(9-16(28)25(19)32-8-2)22-23-17(29)11-26(3,4)13-20(23)33-21-14-27(5,6)12-18(30)24(21)22/h9-10,22H,7-8,11-14H2,1-6H3. The maximum absolute atomic E-state index is 13.5. The summed E-state index contributed by atoms with van der Waals surface area (Å²) in [5.41, 5.74) is 1.74. The molecule has 1 aromatic rings. The molecule has 6 heteroatoms. The number of hydrogen-bond acceptors (Lipinski definition) is 5. The Labute approximate surface area is 204 Å². The van der Waals surface area contributed by atoms with Crippen molar-refractivity contribution in [3.63, 3.8) is 0 Å². The third-order valence-corrected chi connectivity index (χ3v) is 7.12. The van der Waals surface area contributed by atoms with Gasteiger partial charge in [-0.05, 0) is 58.3 Å². The molecule has 178 valence electrons. The van der Waals surface area contributed by atoms with Crippen molar-refractivity contribution in [1.82, 2.24) is 0 Å². The van der Waals surface area contributed by atoms with E-state index >= 15 is 0 Å². The molecule has 0 saturated carbocycles. The largest absolute Gasteiger partial charge is 0.490 e. The van der Waals surface area contributed by atoms with Crippen molar-refractivity contribution in [1.29, 1.82) is 0 Å². The molecule has 0 atom stereocenters. The summed E-state index contributed by atoms with van der Waals surface area (Å²) in [4.78, 5) is 26.9. The van der Waals surface area contributed by atoms with Crippen LogP contribution >= 0.6 is 15.9 Å². The van der Waals surface area contributed by atoms with Gasteiger partial charge in [-0.2, -0.15) is 0 Å². The number of carbonyl (C=O) groups excluding carboxylic acids is 2. The van der Waals surface area contributed by atoms with Crippen LogP contribution in [0.15, 0.2) is 39.3 Å². The fourth-order valence-electron chi connectivity index (χ4n) is 5.31. The van der Waals surface area contributed by atoms with E-state index in [1.165, 1.54) is 0 Å². The summed E-state index contributed by atoms with van der Waals surface area (Å²) in [5.74, 6) is 2.32. The van der Waals surface area contributed by atoms with Crippen LogP contribution in [0.25, 0.3) is 0 Å². The van der Waals surface area contributed by atoms with Crippen molar-refractivity contribution >= 4 is 27.5 Å². The zero-order valence-corrected chi connectivity index (χ0v) is 22.0. The molecule has 0 saturated heterocycles. The van der Waals surface area contributed by atoms with E-state index in [2.05, 4.69) is 43.6 Å². The maximum atomic E-state index is 13.5. The fraction of sp³-hybridized carbons (Fsp3) is 0.556. The molecule has 0 N–H and O–H groups in total. The molecule has 0 unspecified atom stereocenters. The number of Topliss-reactive ketones (excluding diaryl/α,β-unsaturated/α-hetero) is 2. The highest BCUT2D eigenvalue weighted by atomic mass is 79.9. The van der Waals surface area contributed by atoms with Crippen LogP contribution in [0.4, 0.5) is 0 Å². The van der Waals surface area contributed by atoms with Crippen LogP contribution in [0.5, 0.6) is 11.5 Å². The number of halogens is 1. The minimum atomic E-state index is -0.456. The quantitative estimate of drug-likeness (QED) is 0.438. The number of carbonyl (C=O) groups is 2. The van der Waals surface area contributed by atoms with Crippen LogP contribution < -0.4 is 9.47 Å². The summed E-state index contributed by atoms with van der Waals surface area (Å²) in [6.45, 7) is 13.2. The van der Waals surface area contributed by atoms with Gasteiger partial charge in [-0.1, -0.05) is 27.7 Å². The second kappa shape index (κ2) is 8.61. The highest BCUT2D eigenvalue weighted by Gasteiger charge is 2.48. The van der Waals surface area contributed by atoms with Gasteiger partial charge in [0.05, 0.1) is 17.7 Å². The van der Waals surface area contributed by atoms with E-state index in [4.69, 9.17) is 14.2 Å². The van der Waals surface area contributed by atoms with E-state index in [9.17, 15) is 9.59 Å². The molecular formula is C27H33BrO5. The minimum Gasteiger partial charge on any atom is -0.490 e. The average molecular weight is 517 g/mol. The molecule has 0 bridgehead atoms. The normalized spacial score (nSPS) is 22.0. The second-order valence-corrected chi connectivity index (χ2v) is 11.6. The molecule has 0 spiro atoms. The van der Waals surface area contributed by atoms with Crippen LogP contribution in [0.3, 0.4) is 0 Å². The SMILES string of the molecule is CCOc1cc(C2C3=C(CC(C)(C)CC3=O)OC3=C2C(=O)CC(C)(C)C3)cc(Br)c1OCC. The van der Waals surface area contributed by atoms with E-state index in [1.54, 1.807) is 0 Å². The number of hydrogen-bond donors (Lipinski definition) is 0. The summed E-state index contributed by atoms with van der Waals surface area (Å²) in [7, 11) is 0. The van der Waals surface area contributed by atoms with Crippen molar-refractivity contribution in [3.05, 3.63) is 44.8 Å². The summed E-state index contributed by atoms with van der Waals surface area (Å²) < 4.78 is 18.8. The Bertz CT molecular complexity index is 1020. The van der Waals surface area contributed by atoms with Crippen molar-refractivity contribution in [2.24, 2.45) is 10.8 Å². The number of ether oxygens (including phenoxy) is 3. The Morgan fingerprint density at radius 1 is 0.879 bits per heavy atom. The fourth-order valence-corrected chi connectivity index (χ4v) is 5.88. The topological polar surface area (TPSA) is 61.8 Å². The highest BCUT2D eigenvalue weighted by Crippen LogP contribution is 2.54. The molecule has 1 heterocycles. The van der Waals surface area contributed by atoms with Crippen LogP contribution in [-0.2, 0) is 14.3 Å². The molecule has 3 aliphatic rings. The summed E-state index contributed by atoms with van der Waals surface area (Å²) >= 11 is 3.64. The molecule has 0 amide bonds. The first-order valence-corrected chi connectivity index (χ1v) is 12.5. The molecular weight excluding hydrogens is 484 g/mol. The van der Waals surface area contributed by atoms with E-state index in [0.717, 1.165) is 10.0 Å². The lowest BCUT2D eigenvalue weighted by atomic mass is 9.65. The molecule has 0 aromatic heterocycles. The van der Waals surface area contributed by atoms with Gasteiger partial charge in [-0.25, -0.2) is 0 Å². The zero-order valence-electron chi connectivity index (χ0n) is 20.4. The van der Waals surface area contributed by atoms with Gasteiger partial charge < -0.3 is 14.2 Å². The first-order chi connectivity index (χ1) is 15.5. The van der Waals surface area contributed by atoms with Gasteiger partial charge in [0.25, 0.3) is 0 Å². The monoisotopic (exact) mass is 516 g/mol. The van der Waals surface area contributed by atoms with E-state index in [1.807, 2.05) is 26.0 Å². The van der Waals surface area contributed by atoms with Gasteiger partial charge in [-0.3, -0.25) is 9.59 Å². The van der Waals surface area contributed by atoms with Crippen LogP contribution in [0, 0.1) is 10.8 Å². The first kappa shape index (κ1) is 24.1. The molecule has 33 heavy (non-hydrogen) atoms. The predicted octanol–water partition coefficient (Wildman–Crippen LogP) is 6.65. The molecule has 4 rings (SSSR count). The molecule has 2 aliphatic carbocycles. The summed E-state index contributed by atoms with van der Waals surface area (Å²) in [6.07, 6.45) is 2.22. The molecule has 5 nitrogen and oxygen atoms in total. The lowest BCUT2D eigenvalue weighted by Gasteiger charge is -2.42. The van der Waals surface area contributed by atoms with Crippen molar-refractivity contribution < 1.29 is 23.8 Å². The number of allylic oxidation sites excluding steroid dienone is 4. The third kappa shape index (κ3) is 4.51. The van der Waals surface area contributed by atoms with Gasteiger partial charge in [0.15, 0.2) is 23.1 Å². The lowest BCUT2D eigenvalue weighted by Crippen LogP contribution is -2.37. The predicted molar refractivity (Wildman–Crippen MR) is 130 cm³/mol. The van der Waals surface area contributed by atoms with Gasteiger partial charge in [0, 0.05) is 42.7 Å². The number of benzene rings is 1. The van der Waals surface area contributed by atoms with Crippen LogP contribution in [0.2, 0.25) is 0 Å².